The van der Waals surface area contributed by atoms with Crippen LogP contribution in [0.3, 0.4) is 0 Å². The molecule has 0 saturated carbocycles. The highest BCUT2D eigenvalue weighted by Gasteiger charge is 2.27. The van der Waals surface area contributed by atoms with Crippen LogP contribution in [-0.2, 0) is 27.2 Å². The van der Waals surface area contributed by atoms with Gasteiger partial charge in [-0.05, 0) is 29.3 Å². The number of carbonyl (C=O) groups excluding carboxylic acids is 3. The molecule has 9 heteroatoms. The molecule has 0 saturated heterocycles. The van der Waals surface area contributed by atoms with Crippen LogP contribution in [0.5, 0.6) is 0 Å². The lowest BCUT2D eigenvalue weighted by molar-refractivity contribution is -0.130. The van der Waals surface area contributed by atoms with Crippen molar-refractivity contribution >= 4 is 40.9 Å². The van der Waals surface area contributed by atoms with Crippen LogP contribution >= 0.6 is 23.2 Å². The second kappa shape index (κ2) is 10.2. The molecule has 0 bridgehead atoms. The van der Waals surface area contributed by atoms with Crippen molar-refractivity contribution < 1.29 is 18.8 Å². The SMILES string of the molecule is CC(=O)N[C@@H](Cc1ccccc1F)C(=O)N[C@@H](Cc1c(Cl)cccc1Cl)C(N)=O. The molecule has 0 unspecified atom stereocenters. The Kier molecular flexibility index (Phi) is 7.99. The summed E-state index contributed by atoms with van der Waals surface area (Å²) >= 11 is 12.2. The number of nitrogens with one attached hydrogen (secondary N) is 2. The maximum absolute atomic E-state index is 14.0. The zero-order valence-corrected chi connectivity index (χ0v) is 17.1. The van der Waals surface area contributed by atoms with Gasteiger partial charge in [0.15, 0.2) is 0 Å². The maximum atomic E-state index is 14.0. The second-order valence-electron chi connectivity index (χ2n) is 6.42. The average molecular weight is 440 g/mol. The summed E-state index contributed by atoms with van der Waals surface area (Å²) < 4.78 is 14.0. The van der Waals surface area contributed by atoms with Crippen molar-refractivity contribution in [3.05, 3.63) is 69.5 Å². The highest BCUT2D eigenvalue weighted by molar-refractivity contribution is 6.36. The number of primary amides is 1. The number of rotatable bonds is 8. The summed E-state index contributed by atoms with van der Waals surface area (Å²) in [6.07, 6.45) is -0.136. The van der Waals surface area contributed by atoms with Crippen LogP contribution < -0.4 is 16.4 Å². The Balaban J connectivity index is 2.21. The van der Waals surface area contributed by atoms with E-state index in [2.05, 4.69) is 10.6 Å². The van der Waals surface area contributed by atoms with Gasteiger partial charge in [-0.15, -0.1) is 0 Å². The molecule has 2 aromatic rings. The second-order valence-corrected chi connectivity index (χ2v) is 7.23. The minimum absolute atomic E-state index is 0.0356. The fourth-order valence-corrected chi connectivity index (χ4v) is 3.32. The lowest BCUT2D eigenvalue weighted by Gasteiger charge is -2.22. The molecular formula is C20H20Cl2FN3O3. The van der Waals surface area contributed by atoms with Crippen molar-refractivity contribution in [1.82, 2.24) is 10.6 Å². The van der Waals surface area contributed by atoms with E-state index in [1.807, 2.05) is 0 Å². The van der Waals surface area contributed by atoms with Crippen LogP contribution in [0, 0.1) is 5.82 Å². The van der Waals surface area contributed by atoms with E-state index in [1.165, 1.54) is 25.1 Å². The van der Waals surface area contributed by atoms with E-state index in [0.717, 1.165) is 0 Å². The zero-order chi connectivity index (χ0) is 21.6. The van der Waals surface area contributed by atoms with Gasteiger partial charge in [0.1, 0.15) is 17.9 Å². The molecule has 0 aliphatic rings. The third-order valence-electron chi connectivity index (χ3n) is 4.21. The first-order valence-electron chi connectivity index (χ1n) is 8.72. The number of hydrogen-bond donors (Lipinski definition) is 3. The van der Waals surface area contributed by atoms with Crippen LogP contribution in [0.2, 0.25) is 10.0 Å². The minimum atomic E-state index is -1.13. The zero-order valence-electron chi connectivity index (χ0n) is 15.5. The van der Waals surface area contributed by atoms with E-state index >= 15 is 0 Å². The lowest BCUT2D eigenvalue weighted by Crippen LogP contribution is -2.54. The average Bonchev–Trinajstić information content (AvgIpc) is 2.64. The normalized spacial score (nSPS) is 12.7. The van der Waals surface area contributed by atoms with Gasteiger partial charge in [0.25, 0.3) is 0 Å². The summed E-state index contributed by atoms with van der Waals surface area (Å²) in [4.78, 5) is 36.2. The summed E-state index contributed by atoms with van der Waals surface area (Å²) in [6.45, 7) is 1.23. The van der Waals surface area contributed by atoms with Gasteiger partial charge in [-0.3, -0.25) is 14.4 Å². The monoisotopic (exact) mass is 439 g/mol. The molecule has 2 aromatic carbocycles. The number of halogens is 3. The van der Waals surface area contributed by atoms with Gasteiger partial charge in [0.2, 0.25) is 17.7 Å². The predicted octanol–water partition coefficient (Wildman–Crippen LogP) is 2.39. The van der Waals surface area contributed by atoms with Gasteiger partial charge >= 0.3 is 0 Å². The Hall–Kier alpha value is -2.64. The van der Waals surface area contributed by atoms with Crippen molar-refractivity contribution in [3.63, 3.8) is 0 Å². The molecule has 0 spiro atoms. The summed E-state index contributed by atoms with van der Waals surface area (Å²) in [5.74, 6) is -2.48. The Labute approximate surface area is 177 Å². The molecule has 4 N–H and O–H groups in total. The molecule has 0 aliphatic carbocycles. The van der Waals surface area contributed by atoms with Gasteiger partial charge in [0, 0.05) is 29.8 Å². The number of amides is 3. The third-order valence-corrected chi connectivity index (χ3v) is 4.91. The fourth-order valence-electron chi connectivity index (χ4n) is 2.77. The molecule has 0 fully saturated rings. The first-order chi connectivity index (χ1) is 13.7. The van der Waals surface area contributed by atoms with Crippen LogP contribution in [-0.4, -0.2) is 29.8 Å². The smallest absolute Gasteiger partial charge is 0.243 e. The van der Waals surface area contributed by atoms with E-state index in [4.69, 9.17) is 28.9 Å². The van der Waals surface area contributed by atoms with Crippen LogP contribution in [0.25, 0.3) is 0 Å². The Morgan fingerprint density at radius 1 is 0.966 bits per heavy atom. The molecule has 0 aromatic heterocycles. The molecule has 2 atom stereocenters. The Morgan fingerprint density at radius 2 is 1.59 bits per heavy atom. The predicted molar refractivity (Wildman–Crippen MR) is 109 cm³/mol. The molecule has 2 rings (SSSR count). The Morgan fingerprint density at radius 3 is 2.14 bits per heavy atom. The van der Waals surface area contributed by atoms with Crippen LogP contribution in [0.4, 0.5) is 4.39 Å². The quantitative estimate of drug-likeness (QED) is 0.588. The Bertz CT molecular complexity index is 903. The third kappa shape index (κ3) is 6.44. The highest BCUT2D eigenvalue weighted by Crippen LogP contribution is 2.25. The topological polar surface area (TPSA) is 101 Å². The summed E-state index contributed by atoms with van der Waals surface area (Å²) in [7, 11) is 0. The highest BCUT2D eigenvalue weighted by atomic mass is 35.5. The van der Waals surface area contributed by atoms with Gasteiger partial charge < -0.3 is 16.4 Å². The molecule has 0 heterocycles. The number of hydrogen-bond acceptors (Lipinski definition) is 3. The van der Waals surface area contributed by atoms with E-state index in [-0.39, 0.29) is 18.4 Å². The van der Waals surface area contributed by atoms with Crippen LogP contribution in [0.1, 0.15) is 18.1 Å². The minimum Gasteiger partial charge on any atom is -0.368 e. The molecule has 6 nitrogen and oxygen atoms in total. The van der Waals surface area contributed by atoms with Crippen molar-refractivity contribution in [2.24, 2.45) is 5.73 Å². The molecular weight excluding hydrogens is 420 g/mol. The van der Waals surface area contributed by atoms with Crippen molar-refractivity contribution in [1.29, 1.82) is 0 Å². The number of benzene rings is 2. The van der Waals surface area contributed by atoms with Gasteiger partial charge in [-0.25, -0.2) is 4.39 Å². The first-order valence-corrected chi connectivity index (χ1v) is 9.47. The summed E-state index contributed by atoms with van der Waals surface area (Å²) in [6, 6.07) is 8.51. The molecule has 29 heavy (non-hydrogen) atoms. The van der Waals surface area contributed by atoms with Crippen molar-refractivity contribution in [3.8, 4) is 0 Å². The number of nitrogens with two attached hydrogens (primary N) is 1. The fraction of sp³-hybridized carbons (Fsp3) is 0.250. The number of carbonyl (C=O) groups is 3. The maximum Gasteiger partial charge on any atom is 0.243 e. The molecule has 0 radical (unpaired) electrons. The van der Waals surface area contributed by atoms with Gasteiger partial charge in [-0.1, -0.05) is 47.5 Å². The summed E-state index contributed by atoms with van der Waals surface area (Å²) in [5, 5.41) is 5.61. The van der Waals surface area contributed by atoms with Crippen molar-refractivity contribution in [2.75, 3.05) is 0 Å². The largest absolute Gasteiger partial charge is 0.368 e. The van der Waals surface area contributed by atoms with Gasteiger partial charge in [0.05, 0.1) is 0 Å². The standard InChI is InChI=1S/C20H20Cl2FN3O3/c1-11(27)25-18(9-12-5-2-3-8-16(12)23)20(29)26-17(19(24)28)10-13-14(21)6-4-7-15(13)22/h2-8,17-18H,9-10H2,1H3,(H2,24,28)(H,25,27)(H,26,29)/t17-,18-/m0/s1. The molecule has 3 amide bonds. The van der Waals surface area contributed by atoms with E-state index < -0.39 is 35.6 Å². The molecule has 154 valence electrons. The van der Waals surface area contributed by atoms with E-state index in [0.29, 0.717) is 15.6 Å². The lowest BCUT2D eigenvalue weighted by atomic mass is 10.0. The van der Waals surface area contributed by atoms with E-state index in [1.54, 1.807) is 24.3 Å². The van der Waals surface area contributed by atoms with Crippen LogP contribution in [0.15, 0.2) is 42.5 Å². The van der Waals surface area contributed by atoms with E-state index in [9.17, 15) is 18.8 Å². The van der Waals surface area contributed by atoms with Crippen molar-refractivity contribution in [2.45, 2.75) is 31.8 Å². The summed E-state index contributed by atoms with van der Waals surface area (Å²) in [5.41, 5.74) is 6.11. The van der Waals surface area contributed by atoms with Gasteiger partial charge in [-0.2, -0.15) is 0 Å². The molecule has 0 aliphatic heterocycles. The first kappa shape index (κ1) is 22.6.